The van der Waals surface area contributed by atoms with Crippen molar-refractivity contribution < 1.29 is 35.9 Å². The lowest BCUT2D eigenvalue weighted by molar-refractivity contribution is -0.213. The van der Waals surface area contributed by atoms with Crippen LogP contribution in [0.1, 0.15) is 49.3 Å². The maximum Gasteiger partial charge on any atom is 0.402 e. The second-order valence-electron chi connectivity index (χ2n) is 9.95. The first-order chi connectivity index (χ1) is 18.1. The van der Waals surface area contributed by atoms with Crippen molar-refractivity contribution in [1.82, 2.24) is 9.21 Å². The van der Waals surface area contributed by atoms with Crippen molar-refractivity contribution in [3.05, 3.63) is 69.7 Å². The summed E-state index contributed by atoms with van der Waals surface area (Å²) in [6, 6.07) is 11.9. The van der Waals surface area contributed by atoms with E-state index in [0.717, 1.165) is 5.56 Å². The highest BCUT2D eigenvalue weighted by molar-refractivity contribution is 7.88. The van der Waals surface area contributed by atoms with Crippen LogP contribution in [0.4, 0.5) is 13.2 Å². The van der Waals surface area contributed by atoms with Gasteiger partial charge >= 0.3 is 12.1 Å². The smallest absolute Gasteiger partial charge is 0.402 e. The summed E-state index contributed by atoms with van der Waals surface area (Å²) in [5, 5.41) is 0.877. The maximum atomic E-state index is 14.1. The average molecular weight is 607 g/mol. The molecular weight excluding hydrogens is 580 g/mol. The Morgan fingerprint density at radius 3 is 2.26 bits per heavy atom. The van der Waals surface area contributed by atoms with E-state index < -0.39 is 64.8 Å². The lowest BCUT2D eigenvalue weighted by Crippen LogP contribution is -2.67. The van der Waals surface area contributed by atoms with Crippen LogP contribution in [0.5, 0.6) is 0 Å². The van der Waals surface area contributed by atoms with E-state index in [1.807, 2.05) is 6.07 Å². The van der Waals surface area contributed by atoms with Crippen molar-refractivity contribution in [3.8, 4) is 0 Å². The van der Waals surface area contributed by atoms with Crippen LogP contribution in [0, 0.1) is 0 Å². The molecule has 0 aliphatic carbocycles. The van der Waals surface area contributed by atoms with Crippen LogP contribution in [0.3, 0.4) is 0 Å². The predicted molar refractivity (Wildman–Crippen MR) is 140 cm³/mol. The van der Waals surface area contributed by atoms with E-state index in [2.05, 4.69) is 0 Å². The highest BCUT2D eigenvalue weighted by Gasteiger charge is 2.62. The van der Waals surface area contributed by atoms with Gasteiger partial charge in [0.15, 0.2) is 0 Å². The molecule has 212 valence electrons. The second kappa shape index (κ2) is 10.9. The van der Waals surface area contributed by atoms with Gasteiger partial charge in [-0.15, -0.1) is 0 Å². The fraction of sp³-hybridized carbons (Fsp3) is 0.462. The minimum Gasteiger partial charge on any atom is -0.448 e. The SMILES string of the molecule is CCC(CN(CC(F)(F)F)S(C)(=O)=O)N1C(=O)C2(CC(=O)O2)CC(c2cccc(Cl)c2)C1c1ccc(Cl)cc1. The van der Waals surface area contributed by atoms with Gasteiger partial charge in [0.25, 0.3) is 5.91 Å². The van der Waals surface area contributed by atoms with Crippen LogP contribution >= 0.6 is 23.2 Å². The number of piperidine rings is 1. The van der Waals surface area contributed by atoms with Crippen molar-refractivity contribution >= 4 is 45.1 Å². The molecule has 13 heteroatoms. The van der Waals surface area contributed by atoms with Crippen molar-refractivity contribution in [3.63, 3.8) is 0 Å². The number of alkyl halides is 3. The summed E-state index contributed by atoms with van der Waals surface area (Å²) in [6.07, 6.45) is -4.04. The number of likely N-dealkylation sites (tertiary alicyclic amines) is 1. The fourth-order valence-electron chi connectivity index (χ4n) is 5.43. The van der Waals surface area contributed by atoms with Gasteiger partial charge in [0.1, 0.15) is 6.54 Å². The normalized spacial score (nSPS) is 24.6. The quantitative estimate of drug-likeness (QED) is 0.379. The van der Waals surface area contributed by atoms with E-state index in [9.17, 15) is 31.2 Å². The molecule has 2 aromatic rings. The molecule has 2 heterocycles. The number of sulfonamides is 1. The summed E-state index contributed by atoms with van der Waals surface area (Å²) >= 11 is 12.4. The zero-order valence-electron chi connectivity index (χ0n) is 21.1. The molecular formula is C26H27Cl2F3N2O5S. The van der Waals surface area contributed by atoms with E-state index in [0.29, 0.717) is 26.2 Å². The average Bonchev–Trinajstić information content (AvgIpc) is 2.81. The largest absolute Gasteiger partial charge is 0.448 e. The number of carbonyl (C=O) groups excluding carboxylic acids is 2. The first kappa shape index (κ1) is 29.6. The summed E-state index contributed by atoms with van der Waals surface area (Å²) in [5.41, 5.74) is -0.147. The number of nitrogens with zero attached hydrogens (tertiary/aromatic N) is 2. The molecule has 0 aromatic heterocycles. The topological polar surface area (TPSA) is 84.0 Å². The lowest BCUT2D eigenvalue weighted by atomic mass is 9.70. The molecule has 2 saturated heterocycles. The molecule has 2 aromatic carbocycles. The van der Waals surface area contributed by atoms with Crippen molar-refractivity contribution in [1.29, 1.82) is 0 Å². The number of carbonyl (C=O) groups is 2. The number of hydrogen-bond acceptors (Lipinski definition) is 5. The third-order valence-electron chi connectivity index (χ3n) is 7.19. The maximum absolute atomic E-state index is 14.1. The Morgan fingerprint density at radius 2 is 1.74 bits per heavy atom. The van der Waals surface area contributed by atoms with Gasteiger partial charge in [-0.05, 0) is 41.8 Å². The van der Waals surface area contributed by atoms with E-state index in [4.69, 9.17) is 27.9 Å². The summed E-state index contributed by atoms with van der Waals surface area (Å²) < 4.78 is 70.7. The van der Waals surface area contributed by atoms with Gasteiger partial charge in [0.05, 0.1) is 18.7 Å². The zero-order valence-corrected chi connectivity index (χ0v) is 23.4. The Hall–Kier alpha value is -2.34. The van der Waals surface area contributed by atoms with Crippen LogP contribution in [-0.2, 0) is 24.3 Å². The van der Waals surface area contributed by atoms with Crippen LogP contribution < -0.4 is 0 Å². The first-order valence-corrected chi connectivity index (χ1v) is 14.8. The van der Waals surface area contributed by atoms with Gasteiger partial charge in [-0.1, -0.05) is 54.4 Å². The Balaban J connectivity index is 1.87. The van der Waals surface area contributed by atoms with E-state index in [-0.39, 0.29) is 19.3 Å². The lowest BCUT2D eigenvalue weighted by Gasteiger charge is -2.55. The molecule has 1 amide bonds. The molecule has 1 spiro atoms. The molecule has 7 nitrogen and oxygen atoms in total. The summed E-state index contributed by atoms with van der Waals surface area (Å²) in [5.74, 6) is -1.63. The number of esters is 1. The highest BCUT2D eigenvalue weighted by Crippen LogP contribution is 2.52. The molecule has 2 fully saturated rings. The monoisotopic (exact) mass is 606 g/mol. The van der Waals surface area contributed by atoms with Crippen LogP contribution in [-0.4, -0.2) is 66.7 Å². The molecule has 0 saturated carbocycles. The molecule has 0 N–H and O–H groups in total. The number of rotatable bonds is 8. The zero-order chi connectivity index (χ0) is 28.8. The molecule has 4 atom stereocenters. The third kappa shape index (κ3) is 6.37. The fourth-order valence-corrected chi connectivity index (χ4v) is 6.58. The molecule has 0 radical (unpaired) electrons. The number of ether oxygens (including phenoxy) is 1. The molecule has 39 heavy (non-hydrogen) atoms. The molecule has 2 aliphatic rings. The number of halogens is 5. The summed E-state index contributed by atoms with van der Waals surface area (Å²) in [6.45, 7) is -0.641. The van der Waals surface area contributed by atoms with Crippen LogP contribution in [0.15, 0.2) is 48.5 Å². The Kier molecular flexibility index (Phi) is 8.29. The minimum absolute atomic E-state index is 0.122. The highest BCUT2D eigenvalue weighted by atomic mass is 35.5. The minimum atomic E-state index is -4.79. The van der Waals surface area contributed by atoms with Gasteiger partial charge < -0.3 is 9.64 Å². The van der Waals surface area contributed by atoms with Crippen molar-refractivity contribution in [2.45, 2.75) is 56.0 Å². The molecule has 2 aliphatic heterocycles. The Bertz CT molecular complexity index is 1350. The first-order valence-electron chi connectivity index (χ1n) is 12.2. The summed E-state index contributed by atoms with van der Waals surface area (Å²) in [7, 11) is -4.29. The van der Waals surface area contributed by atoms with Gasteiger partial charge in [-0.2, -0.15) is 17.5 Å². The van der Waals surface area contributed by atoms with E-state index in [1.54, 1.807) is 49.4 Å². The molecule has 4 rings (SSSR count). The van der Waals surface area contributed by atoms with Crippen LogP contribution in [0.25, 0.3) is 0 Å². The summed E-state index contributed by atoms with van der Waals surface area (Å²) in [4.78, 5) is 27.5. The molecule has 0 bridgehead atoms. The second-order valence-corrected chi connectivity index (χ2v) is 12.8. The van der Waals surface area contributed by atoms with Crippen LogP contribution in [0.2, 0.25) is 10.0 Å². The number of amides is 1. The Morgan fingerprint density at radius 1 is 1.10 bits per heavy atom. The third-order valence-corrected chi connectivity index (χ3v) is 8.89. The molecule has 4 unspecified atom stereocenters. The number of benzene rings is 2. The van der Waals surface area contributed by atoms with E-state index in [1.165, 1.54) is 4.90 Å². The Labute approximate surface area is 234 Å². The van der Waals surface area contributed by atoms with Crippen molar-refractivity contribution in [2.24, 2.45) is 0 Å². The van der Waals surface area contributed by atoms with Gasteiger partial charge in [0, 0.05) is 35.0 Å². The van der Waals surface area contributed by atoms with E-state index >= 15 is 0 Å². The van der Waals surface area contributed by atoms with Gasteiger partial charge in [-0.3, -0.25) is 9.59 Å². The number of hydrogen-bond donors (Lipinski definition) is 0. The van der Waals surface area contributed by atoms with Gasteiger partial charge in [0.2, 0.25) is 15.6 Å². The van der Waals surface area contributed by atoms with Gasteiger partial charge in [-0.25, -0.2) is 8.42 Å². The predicted octanol–water partition coefficient (Wildman–Crippen LogP) is 5.34. The van der Waals surface area contributed by atoms with Crippen molar-refractivity contribution in [2.75, 3.05) is 19.3 Å². The standard InChI is InChI=1S/C26H27Cl2F3N2O5S/c1-3-20(14-32(39(2,36)37)15-26(29,30)31)33-23(16-7-9-18(27)10-8-16)21(17-5-4-6-19(28)11-17)12-25(24(33)35)13-22(34)38-25/h4-11,20-21,23H,3,12-15H2,1-2H3.